The molecule has 25 heavy (non-hydrogen) atoms. The Morgan fingerprint density at radius 2 is 2.28 bits per heavy atom. The lowest BCUT2D eigenvalue weighted by Crippen LogP contribution is -2.59. The van der Waals surface area contributed by atoms with Crippen LogP contribution in [0.2, 0.25) is 0 Å². The van der Waals surface area contributed by atoms with Gasteiger partial charge in [-0.15, -0.1) is 0 Å². The Kier molecular flexibility index (Phi) is 3.72. The molecule has 1 aliphatic heterocycles. The topological polar surface area (TPSA) is 65.1 Å². The smallest absolute Gasteiger partial charge is 0.246 e. The molecule has 0 aliphatic carbocycles. The fourth-order valence-corrected chi connectivity index (χ4v) is 3.16. The summed E-state index contributed by atoms with van der Waals surface area (Å²) >= 11 is 0. The van der Waals surface area contributed by atoms with Crippen molar-refractivity contribution in [2.24, 2.45) is 0 Å². The van der Waals surface area contributed by atoms with Crippen LogP contribution in [0.1, 0.15) is 0 Å². The Labute approximate surface area is 145 Å². The van der Waals surface area contributed by atoms with Crippen LogP contribution in [0.25, 0.3) is 22.2 Å². The molecule has 0 saturated carbocycles. The van der Waals surface area contributed by atoms with E-state index in [1.807, 2.05) is 37.8 Å². The largest absolute Gasteiger partial charge is 0.366 e. The van der Waals surface area contributed by atoms with Crippen LogP contribution in [-0.2, 0) is 4.79 Å². The lowest BCUT2D eigenvalue weighted by atomic mass is 10.0. The standard InChI is InChI=1S/C19H19N5O/c1-3-18(25)23(2)15-11-24(12-15)14-7-16-17(10-22-19(16)21-9-14)13-5-4-6-20-8-13/h3-10,15H,1,11-12H2,2H3,(H,21,22). The van der Waals surface area contributed by atoms with E-state index in [1.54, 1.807) is 11.1 Å². The number of H-pyrrole nitrogens is 1. The molecule has 1 N–H and O–H groups in total. The minimum atomic E-state index is -0.0391. The summed E-state index contributed by atoms with van der Waals surface area (Å²) < 4.78 is 0. The molecule has 3 aromatic rings. The zero-order valence-corrected chi connectivity index (χ0v) is 14.0. The number of likely N-dealkylation sites (N-methyl/N-ethyl adjacent to an activating group) is 1. The summed E-state index contributed by atoms with van der Waals surface area (Å²) in [5.74, 6) is -0.0391. The molecule has 0 atom stereocenters. The highest BCUT2D eigenvalue weighted by molar-refractivity contribution is 5.95. The van der Waals surface area contributed by atoms with Gasteiger partial charge in [0.1, 0.15) is 5.65 Å². The van der Waals surface area contributed by atoms with Gasteiger partial charge in [-0.05, 0) is 18.2 Å². The van der Waals surface area contributed by atoms with E-state index in [0.29, 0.717) is 0 Å². The number of nitrogens with one attached hydrogen (secondary N) is 1. The van der Waals surface area contributed by atoms with Crippen LogP contribution in [-0.4, -0.2) is 51.9 Å². The third-order valence-corrected chi connectivity index (χ3v) is 4.79. The van der Waals surface area contributed by atoms with Gasteiger partial charge in [-0.3, -0.25) is 9.78 Å². The number of rotatable bonds is 4. The lowest BCUT2D eigenvalue weighted by molar-refractivity contribution is -0.127. The predicted octanol–water partition coefficient (Wildman–Crippen LogP) is 2.46. The molecule has 0 radical (unpaired) electrons. The molecule has 126 valence electrons. The summed E-state index contributed by atoms with van der Waals surface area (Å²) in [6, 6.07) is 6.33. The molecule has 0 bridgehead atoms. The number of carbonyl (C=O) groups excluding carboxylic acids is 1. The number of hydrogen-bond acceptors (Lipinski definition) is 4. The van der Waals surface area contributed by atoms with E-state index in [9.17, 15) is 4.79 Å². The molecule has 1 aliphatic rings. The first-order valence-electron chi connectivity index (χ1n) is 8.19. The van der Waals surface area contributed by atoms with E-state index < -0.39 is 0 Å². The van der Waals surface area contributed by atoms with Gasteiger partial charge in [0.15, 0.2) is 0 Å². The van der Waals surface area contributed by atoms with Crippen molar-refractivity contribution in [3.05, 3.63) is 55.6 Å². The third kappa shape index (κ3) is 2.65. The van der Waals surface area contributed by atoms with E-state index in [1.165, 1.54) is 6.08 Å². The van der Waals surface area contributed by atoms with Crippen molar-refractivity contribution in [3.63, 3.8) is 0 Å². The van der Waals surface area contributed by atoms with Gasteiger partial charge in [-0.1, -0.05) is 12.6 Å². The maximum Gasteiger partial charge on any atom is 0.246 e. The Bertz CT molecular complexity index is 927. The van der Waals surface area contributed by atoms with Gasteiger partial charge >= 0.3 is 0 Å². The molecular formula is C19H19N5O. The molecule has 0 spiro atoms. The van der Waals surface area contributed by atoms with Gasteiger partial charge < -0.3 is 14.8 Å². The Balaban J connectivity index is 1.58. The van der Waals surface area contributed by atoms with Crippen LogP contribution in [0.5, 0.6) is 0 Å². The van der Waals surface area contributed by atoms with E-state index in [4.69, 9.17) is 0 Å². The van der Waals surface area contributed by atoms with Crippen molar-refractivity contribution in [2.45, 2.75) is 6.04 Å². The average Bonchev–Trinajstić information content (AvgIpc) is 3.03. The second-order valence-electron chi connectivity index (χ2n) is 6.25. The molecule has 3 aromatic heterocycles. The third-order valence-electron chi connectivity index (χ3n) is 4.79. The second-order valence-corrected chi connectivity index (χ2v) is 6.25. The van der Waals surface area contributed by atoms with Crippen molar-refractivity contribution in [1.29, 1.82) is 0 Å². The van der Waals surface area contributed by atoms with E-state index in [2.05, 4.69) is 32.5 Å². The van der Waals surface area contributed by atoms with Crippen LogP contribution >= 0.6 is 0 Å². The van der Waals surface area contributed by atoms with Gasteiger partial charge in [0.05, 0.1) is 17.9 Å². The van der Waals surface area contributed by atoms with Crippen molar-refractivity contribution in [3.8, 4) is 11.1 Å². The van der Waals surface area contributed by atoms with Gasteiger partial charge in [0, 0.05) is 55.2 Å². The number of aromatic amines is 1. The van der Waals surface area contributed by atoms with Gasteiger partial charge in [-0.2, -0.15) is 0 Å². The van der Waals surface area contributed by atoms with Crippen molar-refractivity contribution >= 4 is 22.6 Å². The summed E-state index contributed by atoms with van der Waals surface area (Å²) in [6.45, 7) is 5.15. The van der Waals surface area contributed by atoms with Gasteiger partial charge in [0.2, 0.25) is 5.91 Å². The number of carbonyl (C=O) groups is 1. The Morgan fingerprint density at radius 1 is 1.44 bits per heavy atom. The highest BCUT2D eigenvalue weighted by Crippen LogP contribution is 2.31. The summed E-state index contributed by atoms with van der Waals surface area (Å²) in [5, 5.41) is 1.07. The highest BCUT2D eigenvalue weighted by Gasteiger charge is 2.32. The molecule has 4 rings (SSSR count). The number of amides is 1. The highest BCUT2D eigenvalue weighted by atomic mass is 16.2. The molecule has 6 heteroatoms. The maximum atomic E-state index is 11.7. The molecule has 1 amide bonds. The summed E-state index contributed by atoms with van der Waals surface area (Å²) in [4.78, 5) is 27.6. The number of pyridine rings is 2. The fraction of sp³-hybridized carbons (Fsp3) is 0.211. The van der Waals surface area contributed by atoms with Crippen LogP contribution in [0.15, 0.2) is 55.6 Å². The first kappa shape index (κ1) is 15.4. The summed E-state index contributed by atoms with van der Waals surface area (Å²) in [7, 11) is 1.82. The molecule has 0 aromatic carbocycles. The normalized spacial score (nSPS) is 14.4. The molecule has 0 unspecified atom stereocenters. The number of anilines is 1. The van der Waals surface area contributed by atoms with Crippen LogP contribution in [0, 0.1) is 0 Å². The Morgan fingerprint density at radius 3 is 3.00 bits per heavy atom. The van der Waals surface area contributed by atoms with Crippen molar-refractivity contribution in [1.82, 2.24) is 19.9 Å². The molecule has 6 nitrogen and oxygen atoms in total. The monoisotopic (exact) mass is 333 g/mol. The second kappa shape index (κ2) is 6.05. The molecular weight excluding hydrogens is 314 g/mol. The summed E-state index contributed by atoms with van der Waals surface area (Å²) in [5.41, 5.74) is 4.07. The lowest BCUT2D eigenvalue weighted by Gasteiger charge is -2.45. The predicted molar refractivity (Wildman–Crippen MR) is 98.3 cm³/mol. The van der Waals surface area contributed by atoms with Crippen LogP contribution in [0.3, 0.4) is 0 Å². The number of nitrogens with zero attached hydrogens (tertiary/aromatic N) is 4. The molecule has 1 fully saturated rings. The van der Waals surface area contributed by atoms with Crippen LogP contribution < -0.4 is 4.90 Å². The van der Waals surface area contributed by atoms with E-state index in [0.717, 1.165) is 40.9 Å². The summed E-state index contributed by atoms with van der Waals surface area (Å²) in [6.07, 6.45) is 8.82. The first-order valence-corrected chi connectivity index (χ1v) is 8.19. The SMILES string of the molecule is C=CC(=O)N(C)C1CN(c2cnc3[nH]cc(-c4cccnc4)c3c2)C1. The van der Waals surface area contributed by atoms with E-state index in [-0.39, 0.29) is 11.9 Å². The minimum Gasteiger partial charge on any atom is -0.366 e. The Hall–Kier alpha value is -3.15. The van der Waals surface area contributed by atoms with Gasteiger partial charge in [0.25, 0.3) is 0 Å². The fourth-order valence-electron chi connectivity index (χ4n) is 3.16. The zero-order valence-electron chi connectivity index (χ0n) is 14.0. The average molecular weight is 333 g/mol. The maximum absolute atomic E-state index is 11.7. The number of fused-ring (bicyclic) bond motifs is 1. The minimum absolute atomic E-state index is 0.0391. The molecule has 1 saturated heterocycles. The van der Waals surface area contributed by atoms with Crippen molar-refractivity contribution in [2.75, 3.05) is 25.0 Å². The number of hydrogen-bond donors (Lipinski definition) is 1. The first-order chi connectivity index (χ1) is 12.2. The van der Waals surface area contributed by atoms with E-state index >= 15 is 0 Å². The molecule has 4 heterocycles. The van der Waals surface area contributed by atoms with Crippen LogP contribution in [0.4, 0.5) is 5.69 Å². The quantitative estimate of drug-likeness (QED) is 0.745. The van der Waals surface area contributed by atoms with Crippen molar-refractivity contribution < 1.29 is 4.79 Å². The van der Waals surface area contributed by atoms with Gasteiger partial charge in [-0.25, -0.2) is 4.98 Å². The zero-order chi connectivity index (χ0) is 17.4. The number of aromatic nitrogens is 3.